The van der Waals surface area contributed by atoms with E-state index < -0.39 is 0 Å². The molecule has 0 saturated heterocycles. The van der Waals surface area contributed by atoms with Crippen molar-refractivity contribution in [2.75, 3.05) is 0 Å². The van der Waals surface area contributed by atoms with Gasteiger partial charge in [-0.2, -0.15) is 0 Å². The maximum absolute atomic E-state index is 6.25. The maximum atomic E-state index is 6.25. The summed E-state index contributed by atoms with van der Waals surface area (Å²) in [6.45, 7) is 1.88. The van der Waals surface area contributed by atoms with E-state index in [-0.39, 0.29) is 0 Å². The van der Waals surface area contributed by atoms with Crippen LogP contribution in [-0.4, -0.2) is 24.6 Å². The van der Waals surface area contributed by atoms with Crippen LogP contribution in [0.2, 0.25) is 10.0 Å². The van der Waals surface area contributed by atoms with Crippen LogP contribution in [0.3, 0.4) is 0 Å². The molecule has 3 heterocycles. The molecule has 4 aromatic rings. The largest absolute Gasteiger partial charge is 0.277 e. The van der Waals surface area contributed by atoms with Crippen LogP contribution in [0.5, 0.6) is 0 Å². The van der Waals surface area contributed by atoms with Crippen molar-refractivity contribution in [3.05, 3.63) is 52.4 Å². The van der Waals surface area contributed by atoms with Gasteiger partial charge in [0.2, 0.25) is 0 Å². The molecule has 22 heavy (non-hydrogen) atoms. The zero-order chi connectivity index (χ0) is 15.3. The predicted octanol–water partition coefficient (Wildman–Crippen LogP) is 3.95. The fourth-order valence-electron chi connectivity index (χ4n) is 2.46. The molecule has 5 nitrogen and oxygen atoms in total. The van der Waals surface area contributed by atoms with Crippen molar-refractivity contribution >= 4 is 40.0 Å². The minimum Gasteiger partial charge on any atom is -0.277 e. The number of fused-ring (bicyclic) bond motifs is 3. The fraction of sp³-hybridized carbons (Fsp3) is 0.0667. The predicted molar refractivity (Wildman–Crippen MR) is 86.3 cm³/mol. The van der Waals surface area contributed by atoms with Crippen molar-refractivity contribution in [3.63, 3.8) is 0 Å². The number of pyridine rings is 1. The van der Waals surface area contributed by atoms with Gasteiger partial charge < -0.3 is 0 Å². The Bertz CT molecular complexity index is 1000. The first-order chi connectivity index (χ1) is 10.6. The van der Waals surface area contributed by atoms with Crippen LogP contribution in [0.25, 0.3) is 28.1 Å². The van der Waals surface area contributed by atoms with Crippen LogP contribution in [-0.2, 0) is 0 Å². The summed E-state index contributed by atoms with van der Waals surface area (Å²) in [5.41, 5.74) is 4.30. The van der Waals surface area contributed by atoms with E-state index in [1.54, 1.807) is 24.5 Å². The molecule has 1 aromatic carbocycles. The number of aryl methyl sites for hydroxylation is 1. The van der Waals surface area contributed by atoms with Crippen molar-refractivity contribution in [2.24, 2.45) is 0 Å². The van der Waals surface area contributed by atoms with Gasteiger partial charge in [0.15, 0.2) is 11.3 Å². The minimum atomic E-state index is 0.557. The third kappa shape index (κ3) is 1.94. The number of rotatable bonds is 1. The molecule has 0 bridgehead atoms. The van der Waals surface area contributed by atoms with E-state index in [9.17, 15) is 0 Å². The molecule has 4 rings (SSSR count). The Labute approximate surface area is 135 Å². The molecule has 0 atom stereocenters. The number of benzene rings is 1. The zero-order valence-corrected chi connectivity index (χ0v) is 13.0. The highest BCUT2D eigenvalue weighted by Gasteiger charge is 2.13. The van der Waals surface area contributed by atoms with Gasteiger partial charge in [-0.15, -0.1) is 10.2 Å². The molecule has 0 aliphatic heterocycles. The van der Waals surface area contributed by atoms with Gasteiger partial charge in [0, 0.05) is 5.56 Å². The lowest BCUT2D eigenvalue weighted by molar-refractivity contribution is 1.10. The van der Waals surface area contributed by atoms with Crippen molar-refractivity contribution in [1.82, 2.24) is 24.6 Å². The third-order valence-electron chi connectivity index (χ3n) is 3.48. The molecular formula is C15H9Cl2N5. The molecule has 0 amide bonds. The highest BCUT2D eigenvalue weighted by molar-refractivity contribution is 6.39. The summed E-state index contributed by atoms with van der Waals surface area (Å²) >= 11 is 12.5. The zero-order valence-electron chi connectivity index (χ0n) is 11.5. The van der Waals surface area contributed by atoms with E-state index in [1.165, 1.54) is 0 Å². The molecule has 108 valence electrons. The first-order valence-electron chi connectivity index (χ1n) is 6.56. The Morgan fingerprint density at radius 2 is 1.77 bits per heavy atom. The van der Waals surface area contributed by atoms with E-state index in [2.05, 4.69) is 20.2 Å². The summed E-state index contributed by atoms with van der Waals surface area (Å²) in [6, 6.07) is 9.16. The number of hydrogen-bond acceptors (Lipinski definition) is 4. The van der Waals surface area contributed by atoms with Crippen LogP contribution in [0.1, 0.15) is 5.69 Å². The molecular weight excluding hydrogens is 321 g/mol. The molecule has 0 unspecified atom stereocenters. The Morgan fingerprint density at radius 1 is 1.00 bits per heavy atom. The Hall–Kier alpha value is -2.24. The lowest BCUT2D eigenvalue weighted by Gasteiger charge is -2.08. The quantitative estimate of drug-likeness (QED) is 0.530. The summed E-state index contributed by atoms with van der Waals surface area (Å²) in [4.78, 5) is 9.10. The second-order valence-electron chi connectivity index (χ2n) is 4.86. The SMILES string of the molecule is Cc1nc2nc(-c3c(Cl)cccc3Cl)ccc2n2cnnc12. The van der Waals surface area contributed by atoms with E-state index in [0.717, 1.165) is 16.9 Å². The van der Waals surface area contributed by atoms with Gasteiger partial charge in [-0.3, -0.25) is 4.40 Å². The second-order valence-corrected chi connectivity index (χ2v) is 5.67. The highest BCUT2D eigenvalue weighted by atomic mass is 35.5. The maximum Gasteiger partial charge on any atom is 0.182 e. The molecule has 0 saturated carbocycles. The molecule has 0 aliphatic carbocycles. The molecule has 3 aromatic heterocycles. The fourth-order valence-corrected chi connectivity index (χ4v) is 3.05. The van der Waals surface area contributed by atoms with Gasteiger partial charge in [-0.05, 0) is 31.2 Å². The highest BCUT2D eigenvalue weighted by Crippen LogP contribution is 2.34. The van der Waals surface area contributed by atoms with Gasteiger partial charge in [0.1, 0.15) is 6.33 Å². The van der Waals surface area contributed by atoms with Crippen molar-refractivity contribution in [1.29, 1.82) is 0 Å². The molecule has 7 heteroatoms. The molecule has 0 radical (unpaired) electrons. The second kappa shape index (κ2) is 4.90. The monoisotopic (exact) mass is 329 g/mol. The van der Waals surface area contributed by atoms with Crippen molar-refractivity contribution in [2.45, 2.75) is 6.92 Å². The molecule has 0 spiro atoms. The first kappa shape index (κ1) is 13.4. The Balaban J connectivity index is 2.04. The normalized spacial score (nSPS) is 11.4. The number of hydrogen-bond donors (Lipinski definition) is 0. The van der Waals surface area contributed by atoms with Gasteiger partial charge in [0.25, 0.3) is 0 Å². The summed E-state index contributed by atoms with van der Waals surface area (Å²) < 4.78 is 1.86. The van der Waals surface area contributed by atoms with Gasteiger partial charge in [-0.1, -0.05) is 29.3 Å². The number of halogens is 2. The van der Waals surface area contributed by atoms with E-state index in [1.807, 2.05) is 23.5 Å². The van der Waals surface area contributed by atoms with Crippen LogP contribution in [0.15, 0.2) is 36.7 Å². The van der Waals surface area contributed by atoms with E-state index >= 15 is 0 Å². The average Bonchev–Trinajstić information content (AvgIpc) is 2.97. The summed E-state index contributed by atoms with van der Waals surface area (Å²) in [7, 11) is 0. The topological polar surface area (TPSA) is 56.0 Å². The van der Waals surface area contributed by atoms with Gasteiger partial charge in [0.05, 0.1) is 26.9 Å². The lowest BCUT2D eigenvalue weighted by atomic mass is 10.1. The van der Waals surface area contributed by atoms with E-state index in [4.69, 9.17) is 23.2 Å². The van der Waals surface area contributed by atoms with Gasteiger partial charge in [-0.25, -0.2) is 9.97 Å². The molecule has 0 fully saturated rings. The summed E-state index contributed by atoms with van der Waals surface area (Å²) in [5, 5.41) is 9.10. The van der Waals surface area contributed by atoms with Crippen molar-refractivity contribution < 1.29 is 0 Å². The van der Waals surface area contributed by atoms with Gasteiger partial charge >= 0.3 is 0 Å². The summed E-state index contributed by atoms with van der Waals surface area (Å²) in [5.74, 6) is 0. The number of aromatic nitrogens is 5. The molecule has 0 aliphatic rings. The van der Waals surface area contributed by atoms with E-state index in [0.29, 0.717) is 26.9 Å². The summed E-state index contributed by atoms with van der Waals surface area (Å²) in [6.07, 6.45) is 1.65. The minimum absolute atomic E-state index is 0.557. The smallest absolute Gasteiger partial charge is 0.182 e. The van der Waals surface area contributed by atoms with Crippen LogP contribution in [0, 0.1) is 6.92 Å². The third-order valence-corrected chi connectivity index (χ3v) is 4.11. The van der Waals surface area contributed by atoms with Crippen LogP contribution >= 0.6 is 23.2 Å². The standard InChI is InChI=1S/C15H9Cl2N5/c1-8-15-21-18-7-22(15)12-6-5-11(20-14(12)19-8)13-9(16)3-2-4-10(13)17/h2-7H,1H3. The lowest BCUT2D eigenvalue weighted by Crippen LogP contribution is -1.98. The Kier molecular flexibility index (Phi) is 2.99. The van der Waals surface area contributed by atoms with Crippen LogP contribution in [0.4, 0.5) is 0 Å². The Morgan fingerprint density at radius 3 is 2.55 bits per heavy atom. The number of nitrogens with zero attached hydrogens (tertiary/aromatic N) is 5. The molecule has 0 N–H and O–H groups in total. The average molecular weight is 330 g/mol. The first-order valence-corrected chi connectivity index (χ1v) is 7.32. The van der Waals surface area contributed by atoms with Crippen molar-refractivity contribution in [3.8, 4) is 11.3 Å². The van der Waals surface area contributed by atoms with Crippen LogP contribution < -0.4 is 0 Å².